The van der Waals surface area contributed by atoms with Crippen LogP contribution in [0.15, 0.2) is 23.1 Å². The molecule has 0 aliphatic heterocycles. The van der Waals surface area contributed by atoms with Crippen LogP contribution >= 0.6 is 24.2 Å². The maximum atomic E-state index is 10.6. The van der Waals surface area contributed by atoms with Gasteiger partial charge in [-0.15, -0.1) is 24.2 Å². The minimum absolute atomic E-state index is 0.0947. The van der Waals surface area contributed by atoms with Crippen LogP contribution in [-0.4, -0.2) is 6.29 Å². The molecular weight excluding hydrogens is 204 g/mol. The maximum absolute atomic E-state index is 10.6. The Hall–Kier alpha value is -0.470. The summed E-state index contributed by atoms with van der Waals surface area (Å²) in [4.78, 5) is 11.5. The summed E-state index contributed by atoms with van der Waals surface area (Å²) in [6, 6.07) is 5.67. The number of carbonyl (C=O) groups excluding carboxylic acids is 1. The molecule has 0 saturated heterocycles. The van der Waals surface area contributed by atoms with Gasteiger partial charge in [0.1, 0.15) is 6.29 Å². The van der Waals surface area contributed by atoms with Crippen molar-refractivity contribution in [2.75, 3.05) is 0 Å². The lowest BCUT2D eigenvalue weighted by Gasteiger charge is -2.09. The van der Waals surface area contributed by atoms with Crippen molar-refractivity contribution in [1.29, 1.82) is 0 Å². The summed E-state index contributed by atoms with van der Waals surface area (Å²) in [5.41, 5.74) is 1.97. The highest BCUT2D eigenvalue weighted by atomic mass is 35.5. The lowest BCUT2D eigenvalue weighted by atomic mass is 9.98. The second kappa shape index (κ2) is 4.68. The normalized spacial score (nSPS) is 12.5. The van der Waals surface area contributed by atoms with Gasteiger partial charge < -0.3 is 4.79 Å². The number of rotatable bonds is 3. The summed E-state index contributed by atoms with van der Waals surface area (Å²) in [6.07, 6.45) is 0.920. The summed E-state index contributed by atoms with van der Waals surface area (Å²) in [5.74, 6) is 0.324. The van der Waals surface area contributed by atoms with Gasteiger partial charge in [0.2, 0.25) is 0 Å². The van der Waals surface area contributed by atoms with E-state index in [4.69, 9.17) is 11.6 Å². The first-order chi connectivity index (χ1) is 6.19. The van der Waals surface area contributed by atoms with Crippen molar-refractivity contribution in [1.82, 2.24) is 0 Å². The third-order valence-electron chi connectivity index (χ3n) is 1.97. The Labute approximate surface area is 88.5 Å². The number of benzene rings is 1. The van der Waals surface area contributed by atoms with Gasteiger partial charge in [-0.25, -0.2) is 0 Å². The maximum Gasteiger partial charge on any atom is 0.127 e. The van der Waals surface area contributed by atoms with Crippen LogP contribution in [0.25, 0.3) is 0 Å². The molecule has 1 aromatic rings. The molecule has 70 valence electrons. The Kier molecular flexibility index (Phi) is 3.82. The molecule has 0 aliphatic rings. The van der Waals surface area contributed by atoms with Gasteiger partial charge in [0.05, 0.1) is 0 Å². The fraction of sp³-hybridized carbons (Fsp3) is 0.300. The molecule has 1 aromatic carbocycles. The predicted molar refractivity (Wildman–Crippen MR) is 57.7 cm³/mol. The van der Waals surface area contributed by atoms with Crippen molar-refractivity contribution in [3.05, 3.63) is 29.3 Å². The Bertz CT molecular complexity index is 312. The quantitative estimate of drug-likeness (QED) is 0.465. The molecule has 0 bridgehead atoms. The highest BCUT2D eigenvalue weighted by Crippen LogP contribution is 2.22. The second-order valence-electron chi connectivity index (χ2n) is 2.94. The molecule has 0 N–H and O–H groups in total. The molecule has 0 saturated carbocycles. The molecule has 0 heterocycles. The Balaban J connectivity index is 3.12. The van der Waals surface area contributed by atoms with E-state index >= 15 is 0 Å². The first kappa shape index (κ1) is 10.6. The summed E-state index contributed by atoms with van der Waals surface area (Å²) in [5, 5.41) is 0. The number of hydrogen-bond donors (Lipinski definition) is 1. The monoisotopic (exact) mass is 214 g/mol. The van der Waals surface area contributed by atoms with E-state index in [2.05, 4.69) is 12.6 Å². The SMILES string of the molecule is CC(C=O)c1ccc(S)cc1CCl. The summed E-state index contributed by atoms with van der Waals surface area (Å²) in [6.45, 7) is 1.86. The van der Waals surface area contributed by atoms with E-state index in [1.54, 1.807) is 0 Å². The van der Waals surface area contributed by atoms with E-state index in [1.807, 2.05) is 25.1 Å². The Morgan fingerprint density at radius 3 is 2.85 bits per heavy atom. The highest BCUT2D eigenvalue weighted by Gasteiger charge is 2.08. The standard InChI is InChI=1S/C10H11ClOS/c1-7(6-12)10-3-2-9(13)4-8(10)5-11/h2-4,6-7,13H,5H2,1H3. The van der Waals surface area contributed by atoms with E-state index in [0.717, 1.165) is 22.3 Å². The van der Waals surface area contributed by atoms with Crippen molar-refractivity contribution in [2.45, 2.75) is 23.6 Å². The van der Waals surface area contributed by atoms with Crippen LogP contribution in [0.4, 0.5) is 0 Å². The van der Waals surface area contributed by atoms with E-state index in [9.17, 15) is 4.79 Å². The molecule has 0 radical (unpaired) electrons. The van der Waals surface area contributed by atoms with Crippen LogP contribution in [-0.2, 0) is 10.7 Å². The third-order valence-corrected chi connectivity index (χ3v) is 2.53. The van der Waals surface area contributed by atoms with E-state index < -0.39 is 0 Å². The largest absolute Gasteiger partial charge is 0.303 e. The smallest absolute Gasteiger partial charge is 0.127 e. The number of carbonyl (C=O) groups is 1. The number of alkyl halides is 1. The van der Waals surface area contributed by atoms with Crippen molar-refractivity contribution < 1.29 is 4.79 Å². The molecule has 0 fully saturated rings. The van der Waals surface area contributed by atoms with Gasteiger partial charge >= 0.3 is 0 Å². The topological polar surface area (TPSA) is 17.1 Å². The number of aldehydes is 1. The molecule has 0 aliphatic carbocycles. The van der Waals surface area contributed by atoms with Gasteiger partial charge in [0, 0.05) is 16.7 Å². The molecular formula is C10H11ClOS. The fourth-order valence-electron chi connectivity index (χ4n) is 1.23. The summed E-state index contributed by atoms with van der Waals surface area (Å²) < 4.78 is 0. The van der Waals surface area contributed by atoms with Gasteiger partial charge in [-0.05, 0) is 23.3 Å². The van der Waals surface area contributed by atoms with E-state index in [-0.39, 0.29) is 5.92 Å². The van der Waals surface area contributed by atoms with Crippen molar-refractivity contribution in [2.24, 2.45) is 0 Å². The number of halogens is 1. The molecule has 1 nitrogen and oxygen atoms in total. The van der Waals surface area contributed by atoms with Gasteiger partial charge in [-0.1, -0.05) is 13.0 Å². The first-order valence-corrected chi connectivity index (χ1v) is 5.00. The van der Waals surface area contributed by atoms with Crippen LogP contribution < -0.4 is 0 Å². The summed E-state index contributed by atoms with van der Waals surface area (Å²) in [7, 11) is 0. The van der Waals surface area contributed by atoms with Gasteiger partial charge in [0.15, 0.2) is 0 Å². The van der Waals surface area contributed by atoms with Crippen molar-refractivity contribution in [3.63, 3.8) is 0 Å². The van der Waals surface area contributed by atoms with E-state index in [1.165, 1.54) is 0 Å². The van der Waals surface area contributed by atoms with Crippen LogP contribution in [0.1, 0.15) is 24.0 Å². The third kappa shape index (κ3) is 2.48. The molecule has 1 rings (SSSR count). The van der Waals surface area contributed by atoms with E-state index in [0.29, 0.717) is 5.88 Å². The minimum Gasteiger partial charge on any atom is -0.303 e. The van der Waals surface area contributed by atoms with Gasteiger partial charge in [0.25, 0.3) is 0 Å². The van der Waals surface area contributed by atoms with Crippen LogP contribution in [0.5, 0.6) is 0 Å². The molecule has 3 heteroatoms. The Morgan fingerprint density at radius 1 is 1.62 bits per heavy atom. The average molecular weight is 215 g/mol. The lowest BCUT2D eigenvalue weighted by molar-refractivity contribution is -0.108. The highest BCUT2D eigenvalue weighted by molar-refractivity contribution is 7.80. The molecule has 0 spiro atoms. The zero-order valence-electron chi connectivity index (χ0n) is 7.33. The average Bonchev–Trinajstić information content (AvgIpc) is 2.16. The summed E-state index contributed by atoms with van der Waals surface area (Å²) >= 11 is 9.96. The van der Waals surface area contributed by atoms with Gasteiger partial charge in [-0.2, -0.15) is 0 Å². The van der Waals surface area contributed by atoms with Crippen molar-refractivity contribution >= 4 is 30.5 Å². The molecule has 1 atom stereocenters. The molecule has 13 heavy (non-hydrogen) atoms. The number of hydrogen-bond acceptors (Lipinski definition) is 2. The Morgan fingerprint density at radius 2 is 2.31 bits per heavy atom. The van der Waals surface area contributed by atoms with Crippen molar-refractivity contribution in [3.8, 4) is 0 Å². The lowest BCUT2D eigenvalue weighted by Crippen LogP contribution is -1.98. The fourth-order valence-corrected chi connectivity index (χ4v) is 1.69. The zero-order chi connectivity index (χ0) is 9.84. The van der Waals surface area contributed by atoms with Crippen LogP contribution in [0.3, 0.4) is 0 Å². The predicted octanol–water partition coefficient (Wildman–Crippen LogP) is 3.02. The minimum atomic E-state index is -0.0947. The van der Waals surface area contributed by atoms with Crippen LogP contribution in [0.2, 0.25) is 0 Å². The van der Waals surface area contributed by atoms with Crippen LogP contribution in [0, 0.1) is 0 Å². The number of thiol groups is 1. The molecule has 0 aromatic heterocycles. The first-order valence-electron chi connectivity index (χ1n) is 4.02. The molecule has 1 unspecified atom stereocenters. The van der Waals surface area contributed by atoms with Gasteiger partial charge in [-0.3, -0.25) is 0 Å². The second-order valence-corrected chi connectivity index (χ2v) is 3.73. The molecule has 0 amide bonds. The zero-order valence-corrected chi connectivity index (χ0v) is 8.98.